The molecule has 0 spiro atoms. The van der Waals surface area contributed by atoms with E-state index < -0.39 is 0 Å². The van der Waals surface area contributed by atoms with Gasteiger partial charge in [-0.2, -0.15) is 0 Å². The van der Waals surface area contributed by atoms with Gasteiger partial charge in [0.1, 0.15) is 5.76 Å². The number of carbonyl (C=O) groups is 2. The highest BCUT2D eigenvalue weighted by atomic mass is 16.5. The van der Waals surface area contributed by atoms with Crippen LogP contribution in [0.4, 0.5) is 11.5 Å². The zero-order valence-corrected chi connectivity index (χ0v) is 16.7. The summed E-state index contributed by atoms with van der Waals surface area (Å²) in [6, 6.07) is 7.92. The number of amides is 2. The Labute approximate surface area is 170 Å². The average Bonchev–Trinajstić information content (AvgIpc) is 3.31. The third-order valence-corrected chi connectivity index (χ3v) is 5.48. The Morgan fingerprint density at radius 3 is 2.28 bits per heavy atom. The van der Waals surface area contributed by atoms with Crippen molar-refractivity contribution in [2.24, 2.45) is 0 Å². The molecule has 1 aliphatic heterocycles. The standard InChI is InChI=1S/C21H27N5O3/c1-15-11-19(24-29-15)23-21(28)14-26-9-7-25(8-10-26)13-20(27)22-18-6-5-16-3-2-4-17(16)12-18/h5-6,11-12H,2-4,7-10,13-14H2,1H3,(H,22,27)(H,23,24,28). The summed E-state index contributed by atoms with van der Waals surface area (Å²) in [5.74, 6) is 0.998. The van der Waals surface area contributed by atoms with Gasteiger partial charge in [-0.15, -0.1) is 0 Å². The molecule has 8 heteroatoms. The van der Waals surface area contributed by atoms with Crippen molar-refractivity contribution in [3.8, 4) is 0 Å². The molecule has 2 aliphatic rings. The van der Waals surface area contributed by atoms with Crippen molar-refractivity contribution < 1.29 is 14.1 Å². The molecular weight excluding hydrogens is 370 g/mol. The number of piperazine rings is 1. The lowest BCUT2D eigenvalue weighted by atomic mass is 10.1. The van der Waals surface area contributed by atoms with Crippen LogP contribution >= 0.6 is 0 Å². The van der Waals surface area contributed by atoms with Gasteiger partial charge < -0.3 is 15.2 Å². The molecule has 2 heterocycles. The minimum Gasteiger partial charge on any atom is -0.360 e. The molecule has 0 atom stereocenters. The summed E-state index contributed by atoms with van der Waals surface area (Å²) in [5.41, 5.74) is 3.64. The first-order chi connectivity index (χ1) is 14.0. The third kappa shape index (κ3) is 5.21. The van der Waals surface area contributed by atoms with E-state index in [0.717, 1.165) is 44.7 Å². The Balaban J connectivity index is 1.18. The molecule has 1 aromatic carbocycles. The van der Waals surface area contributed by atoms with Crippen molar-refractivity contribution in [2.75, 3.05) is 49.9 Å². The zero-order valence-electron chi connectivity index (χ0n) is 16.7. The molecule has 1 fully saturated rings. The molecule has 1 aromatic heterocycles. The van der Waals surface area contributed by atoms with Gasteiger partial charge in [0.25, 0.3) is 0 Å². The van der Waals surface area contributed by atoms with Crippen LogP contribution in [0.25, 0.3) is 0 Å². The third-order valence-electron chi connectivity index (χ3n) is 5.48. The van der Waals surface area contributed by atoms with Gasteiger partial charge in [0.2, 0.25) is 11.8 Å². The summed E-state index contributed by atoms with van der Waals surface area (Å²) in [7, 11) is 0. The predicted octanol–water partition coefficient (Wildman–Crippen LogP) is 1.67. The lowest BCUT2D eigenvalue weighted by Crippen LogP contribution is -2.50. The highest BCUT2D eigenvalue weighted by Gasteiger charge is 2.21. The van der Waals surface area contributed by atoms with Crippen LogP contribution in [0.3, 0.4) is 0 Å². The molecule has 2 aromatic rings. The second-order valence-electron chi connectivity index (χ2n) is 7.81. The number of nitrogens with zero attached hydrogens (tertiary/aromatic N) is 3. The van der Waals surface area contributed by atoms with Crippen LogP contribution in [0, 0.1) is 6.92 Å². The molecule has 8 nitrogen and oxygen atoms in total. The van der Waals surface area contributed by atoms with Gasteiger partial charge in [-0.25, -0.2) is 0 Å². The maximum Gasteiger partial charge on any atom is 0.239 e. The predicted molar refractivity (Wildman–Crippen MR) is 110 cm³/mol. The second kappa shape index (κ2) is 8.75. The molecule has 1 aliphatic carbocycles. The van der Waals surface area contributed by atoms with Crippen molar-refractivity contribution in [3.05, 3.63) is 41.2 Å². The maximum absolute atomic E-state index is 12.4. The topological polar surface area (TPSA) is 90.7 Å². The van der Waals surface area contributed by atoms with E-state index in [1.54, 1.807) is 13.0 Å². The highest BCUT2D eigenvalue weighted by Crippen LogP contribution is 2.24. The van der Waals surface area contributed by atoms with Gasteiger partial charge in [-0.05, 0) is 49.4 Å². The summed E-state index contributed by atoms with van der Waals surface area (Å²) in [5, 5.41) is 9.52. The number of fused-ring (bicyclic) bond motifs is 1. The first-order valence-electron chi connectivity index (χ1n) is 10.1. The molecule has 0 bridgehead atoms. The minimum absolute atomic E-state index is 0.00976. The fourth-order valence-corrected chi connectivity index (χ4v) is 3.97. The number of anilines is 2. The van der Waals surface area contributed by atoms with E-state index in [1.807, 2.05) is 6.07 Å². The van der Waals surface area contributed by atoms with Gasteiger partial charge >= 0.3 is 0 Å². The fraction of sp³-hybridized carbons (Fsp3) is 0.476. The smallest absolute Gasteiger partial charge is 0.239 e. The van der Waals surface area contributed by atoms with Crippen molar-refractivity contribution in [2.45, 2.75) is 26.2 Å². The number of benzene rings is 1. The lowest BCUT2D eigenvalue weighted by molar-refractivity contribution is -0.120. The van der Waals surface area contributed by atoms with Crippen LogP contribution < -0.4 is 10.6 Å². The Morgan fingerprint density at radius 2 is 1.62 bits per heavy atom. The Bertz CT molecular complexity index is 886. The van der Waals surface area contributed by atoms with Crippen molar-refractivity contribution in [1.29, 1.82) is 0 Å². The molecular formula is C21H27N5O3. The Kier molecular flexibility index (Phi) is 5.92. The summed E-state index contributed by atoms with van der Waals surface area (Å²) in [4.78, 5) is 28.7. The van der Waals surface area contributed by atoms with Crippen molar-refractivity contribution in [3.63, 3.8) is 0 Å². The van der Waals surface area contributed by atoms with Crippen LogP contribution in [0.5, 0.6) is 0 Å². The van der Waals surface area contributed by atoms with E-state index in [9.17, 15) is 9.59 Å². The van der Waals surface area contributed by atoms with Crippen LogP contribution in [0.15, 0.2) is 28.8 Å². The zero-order chi connectivity index (χ0) is 20.2. The number of aromatic nitrogens is 1. The monoisotopic (exact) mass is 397 g/mol. The number of aryl methyl sites for hydroxylation is 3. The average molecular weight is 397 g/mol. The molecule has 2 amide bonds. The summed E-state index contributed by atoms with van der Waals surface area (Å²) < 4.78 is 4.95. The van der Waals surface area contributed by atoms with E-state index in [-0.39, 0.29) is 11.8 Å². The number of hydrogen-bond donors (Lipinski definition) is 2. The van der Waals surface area contributed by atoms with Crippen LogP contribution in [-0.4, -0.2) is 66.0 Å². The summed E-state index contributed by atoms with van der Waals surface area (Å²) in [6.07, 6.45) is 3.45. The van der Waals surface area contributed by atoms with Crippen LogP contribution in [0.2, 0.25) is 0 Å². The van der Waals surface area contributed by atoms with Crippen molar-refractivity contribution in [1.82, 2.24) is 15.0 Å². The summed E-state index contributed by atoms with van der Waals surface area (Å²) >= 11 is 0. The van der Waals surface area contributed by atoms with Crippen LogP contribution in [-0.2, 0) is 22.4 Å². The molecule has 154 valence electrons. The SMILES string of the molecule is Cc1cc(NC(=O)CN2CCN(CC(=O)Nc3ccc4c(c3)CCC4)CC2)no1. The molecule has 0 saturated carbocycles. The van der Waals surface area contributed by atoms with E-state index in [2.05, 4.69) is 37.7 Å². The quantitative estimate of drug-likeness (QED) is 0.771. The number of hydrogen-bond acceptors (Lipinski definition) is 6. The molecule has 0 unspecified atom stereocenters. The second-order valence-corrected chi connectivity index (χ2v) is 7.81. The Hall–Kier alpha value is -2.71. The fourth-order valence-electron chi connectivity index (χ4n) is 3.97. The van der Waals surface area contributed by atoms with E-state index in [0.29, 0.717) is 24.7 Å². The first kappa shape index (κ1) is 19.6. The lowest BCUT2D eigenvalue weighted by Gasteiger charge is -2.33. The van der Waals surface area contributed by atoms with Gasteiger partial charge in [0.05, 0.1) is 13.1 Å². The van der Waals surface area contributed by atoms with Crippen LogP contribution in [0.1, 0.15) is 23.3 Å². The van der Waals surface area contributed by atoms with E-state index in [4.69, 9.17) is 4.52 Å². The van der Waals surface area contributed by atoms with E-state index in [1.165, 1.54) is 17.5 Å². The van der Waals surface area contributed by atoms with E-state index >= 15 is 0 Å². The number of carbonyl (C=O) groups excluding carboxylic acids is 2. The van der Waals surface area contributed by atoms with Gasteiger partial charge in [0, 0.05) is 37.9 Å². The molecule has 29 heavy (non-hydrogen) atoms. The Morgan fingerprint density at radius 1 is 0.966 bits per heavy atom. The highest BCUT2D eigenvalue weighted by molar-refractivity contribution is 5.92. The van der Waals surface area contributed by atoms with Gasteiger partial charge in [0.15, 0.2) is 5.82 Å². The molecule has 0 radical (unpaired) electrons. The van der Waals surface area contributed by atoms with Gasteiger partial charge in [-0.3, -0.25) is 19.4 Å². The molecule has 2 N–H and O–H groups in total. The van der Waals surface area contributed by atoms with Crippen molar-refractivity contribution >= 4 is 23.3 Å². The number of rotatable bonds is 6. The number of nitrogens with one attached hydrogen (secondary N) is 2. The normalized spacial score (nSPS) is 17.1. The first-order valence-corrected chi connectivity index (χ1v) is 10.1. The minimum atomic E-state index is -0.110. The maximum atomic E-state index is 12.4. The molecule has 4 rings (SSSR count). The summed E-state index contributed by atoms with van der Waals surface area (Å²) in [6.45, 7) is 5.47. The largest absolute Gasteiger partial charge is 0.360 e. The molecule has 1 saturated heterocycles. The van der Waals surface area contributed by atoms with Gasteiger partial charge in [-0.1, -0.05) is 11.2 Å².